The molecule has 0 unspecified atom stereocenters. The minimum atomic E-state index is -0.460. The fraction of sp³-hybridized carbons (Fsp3) is 0.857. The summed E-state index contributed by atoms with van der Waals surface area (Å²) in [4.78, 5) is 14.1. The summed E-state index contributed by atoms with van der Waals surface area (Å²) in [6.07, 6.45) is 3.54. The second kappa shape index (κ2) is 6.19. The number of nitriles is 1. The van der Waals surface area contributed by atoms with Crippen LogP contribution in [-0.2, 0) is 9.53 Å². The van der Waals surface area contributed by atoms with E-state index in [2.05, 4.69) is 13.0 Å². The molecular weight excluding hydrogens is 228 g/mol. The molecule has 0 aromatic rings. The van der Waals surface area contributed by atoms with Gasteiger partial charge in [0, 0.05) is 6.54 Å². The van der Waals surface area contributed by atoms with Crippen LogP contribution < -0.4 is 0 Å². The Morgan fingerprint density at radius 1 is 1.56 bits per heavy atom. The highest BCUT2D eigenvalue weighted by Crippen LogP contribution is 2.24. The van der Waals surface area contributed by atoms with Gasteiger partial charge in [0.25, 0.3) is 0 Å². The minimum absolute atomic E-state index is 0.157. The average molecular weight is 252 g/mol. The molecule has 0 spiro atoms. The summed E-state index contributed by atoms with van der Waals surface area (Å²) in [5.74, 6) is -0.184. The van der Waals surface area contributed by atoms with Gasteiger partial charge in [-0.1, -0.05) is 13.3 Å². The fourth-order valence-corrected chi connectivity index (χ4v) is 2.36. The van der Waals surface area contributed by atoms with Gasteiger partial charge in [-0.2, -0.15) is 5.26 Å². The van der Waals surface area contributed by atoms with Gasteiger partial charge in [-0.3, -0.25) is 9.69 Å². The maximum absolute atomic E-state index is 12.1. The molecule has 1 fully saturated rings. The predicted octanol–water partition coefficient (Wildman–Crippen LogP) is 2.48. The van der Waals surface area contributed by atoms with Crippen molar-refractivity contribution in [3.63, 3.8) is 0 Å². The van der Waals surface area contributed by atoms with Crippen molar-refractivity contribution in [1.82, 2.24) is 4.90 Å². The van der Waals surface area contributed by atoms with E-state index in [9.17, 15) is 10.1 Å². The number of hydrogen-bond donors (Lipinski definition) is 0. The molecule has 0 aliphatic carbocycles. The van der Waals surface area contributed by atoms with Crippen LogP contribution in [0.4, 0.5) is 0 Å². The molecule has 0 N–H and O–H groups in total. The third kappa shape index (κ3) is 3.99. The van der Waals surface area contributed by atoms with Crippen molar-refractivity contribution in [1.29, 1.82) is 5.26 Å². The molecule has 2 atom stereocenters. The number of ether oxygens (including phenoxy) is 1. The molecular formula is C14H24N2O2. The molecule has 0 radical (unpaired) electrons. The molecule has 4 heteroatoms. The Balaban J connectivity index is 2.70. The summed E-state index contributed by atoms with van der Waals surface area (Å²) in [5.41, 5.74) is -0.460. The highest BCUT2D eigenvalue weighted by atomic mass is 16.6. The van der Waals surface area contributed by atoms with Crippen molar-refractivity contribution in [2.75, 3.05) is 6.54 Å². The normalized spacial score (nSPS) is 22.5. The molecule has 1 rings (SSSR count). The molecule has 1 aliphatic heterocycles. The lowest BCUT2D eigenvalue weighted by molar-refractivity contribution is -0.160. The number of esters is 1. The summed E-state index contributed by atoms with van der Waals surface area (Å²) in [6, 6.07) is 1.92. The van der Waals surface area contributed by atoms with E-state index >= 15 is 0 Å². The lowest BCUT2D eigenvalue weighted by Gasteiger charge is -2.29. The Morgan fingerprint density at radius 3 is 2.72 bits per heavy atom. The molecule has 0 amide bonds. The Hall–Kier alpha value is -1.08. The van der Waals surface area contributed by atoms with Crippen molar-refractivity contribution in [2.45, 2.75) is 71.1 Å². The smallest absolute Gasteiger partial charge is 0.323 e. The van der Waals surface area contributed by atoms with Crippen LogP contribution in [0.15, 0.2) is 0 Å². The number of carbonyl (C=O) groups is 1. The van der Waals surface area contributed by atoms with Gasteiger partial charge in [0.05, 0.1) is 12.1 Å². The maximum Gasteiger partial charge on any atom is 0.323 e. The van der Waals surface area contributed by atoms with Crippen LogP contribution in [0.5, 0.6) is 0 Å². The average Bonchev–Trinajstić information content (AvgIpc) is 2.72. The van der Waals surface area contributed by atoms with Crippen molar-refractivity contribution in [3.8, 4) is 6.07 Å². The summed E-state index contributed by atoms with van der Waals surface area (Å²) < 4.78 is 5.43. The summed E-state index contributed by atoms with van der Waals surface area (Å²) >= 11 is 0. The highest BCUT2D eigenvalue weighted by Gasteiger charge is 2.37. The minimum Gasteiger partial charge on any atom is -0.459 e. The van der Waals surface area contributed by atoms with Crippen LogP contribution in [0.1, 0.15) is 53.4 Å². The first-order valence-electron chi connectivity index (χ1n) is 6.77. The van der Waals surface area contributed by atoms with E-state index in [1.165, 1.54) is 0 Å². The summed E-state index contributed by atoms with van der Waals surface area (Å²) in [7, 11) is 0. The SMILES string of the molecule is CCC[C@@H](C#N)N1CCC[C@H]1C(=O)OC(C)(C)C. The highest BCUT2D eigenvalue weighted by molar-refractivity contribution is 5.76. The summed E-state index contributed by atoms with van der Waals surface area (Å²) in [5, 5.41) is 9.21. The van der Waals surface area contributed by atoms with Gasteiger partial charge in [-0.15, -0.1) is 0 Å². The van der Waals surface area contributed by atoms with Crippen LogP contribution in [0, 0.1) is 11.3 Å². The summed E-state index contributed by atoms with van der Waals surface area (Å²) in [6.45, 7) is 8.50. The van der Waals surface area contributed by atoms with E-state index in [0.29, 0.717) is 0 Å². The van der Waals surface area contributed by atoms with Gasteiger partial charge >= 0.3 is 5.97 Å². The zero-order chi connectivity index (χ0) is 13.8. The van der Waals surface area contributed by atoms with Crippen LogP contribution in [-0.4, -0.2) is 35.1 Å². The number of carbonyl (C=O) groups excluding carboxylic acids is 1. The zero-order valence-electron chi connectivity index (χ0n) is 11.9. The standard InChI is InChI=1S/C14H24N2O2/c1-5-7-11(10-15)16-9-6-8-12(16)13(17)18-14(2,3)4/h11-12H,5-9H2,1-4H3/t11-,12-/m0/s1. The largest absolute Gasteiger partial charge is 0.459 e. The second-order valence-corrected chi connectivity index (χ2v) is 5.86. The van der Waals surface area contributed by atoms with Crippen LogP contribution in [0.2, 0.25) is 0 Å². The fourth-order valence-electron chi connectivity index (χ4n) is 2.36. The Kier molecular flexibility index (Phi) is 5.15. The van der Waals surface area contributed by atoms with Crippen molar-refractivity contribution >= 4 is 5.97 Å². The third-order valence-corrected chi connectivity index (χ3v) is 3.08. The Labute approximate surface area is 110 Å². The number of likely N-dealkylation sites (tertiary alicyclic amines) is 1. The van der Waals surface area contributed by atoms with E-state index in [1.54, 1.807) is 0 Å². The van der Waals surface area contributed by atoms with E-state index in [1.807, 2.05) is 25.7 Å². The quantitative estimate of drug-likeness (QED) is 0.721. The van der Waals surface area contributed by atoms with Gasteiger partial charge in [0.2, 0.25) is 0 Å². The van der Waals surface area contributed by atoms with Gasteiger partial charge < -0.3 is 4.74 Å². The molecule has 18 heavy (non-hydrogen) atoms. The lowest BCUT2D eigenvalue weighted by Crippen LogP contribution is -2.45. The lowest BCUT2D eigenvalue weighted by atomic mass is 10.1. The first kappa shape index (κ1) is 15.0. The van der Waals surface area contributed by atoms with E-state index in [4.69, 9.17) is 4.74 Å². The van der Waals surface area contributed by atoms with Gasteiger partial charge in [-0.05, 0) is 40.0 Å². The molecule has 4 nitrogen and oxygen atoms in total. The van der Waals surface area contributed by atoms with Crippen LogP contribution >= 0.6 is 0 Å². The van der Waals surface area contributed by atoms with Crippen molar-refractivity contribution in [3.05, 3.63) is 0 Å². The maximum atomic E-state index is 12.1. The van der Waals surface area contributed by atoms with Crippen LogP contribution in [0.25, 0.3) is 0 Å². The first-order chi connectivity index (χ1) is 8.39. The van der Waals surface area contributed by atoms with Crippen molar-refractivity contribution < 1.29 is 9.53 Å². The third-order valence-electron chi connectivity index (χ3n) is 3.08. The van der Waals surface area contributed by atoms with Crippen molar-refractivity contribution in [2.24, 2.45) is 0 Å². The molecule has 0 saturated carbocycles. The first-order valence-corrected chi connectivity index (χ1v) is 6.77. The van der Waals surface area contributed by atoms with E-state index in [0.717, 1.165) is 32.2 Å². The topological polar surface area (TPSA) is 53.3 Å². The van der Waals surface area contributed by atoms with E-state index < -0.39 is 5.60 Å². The molecule has 0 bridgehead atoms. The van der Waals surface area contributed by atoms with Crippen LogP contribution in [0.3, 0.4) is 0 Å². The molecule has 0 aromatic heterocycles. The van der Waals surface area contributed by atoms with Gasteiger partial charge in [-0.25, -0.2) is 0 Å². The van der Waals surface area contributed by atoms with Gasteiger partial charge in [0.1, 0.15) is 11.6 Å². The molecule has 1 aliphatic rings. The molecule has 102 valence electrons. The zero-order valence-corrected chi connectivity index (χ0v) is 11.9. The Morgan fingerprint density at radius 2 is 2.22 bits per heavy atom. The second-order valence-electron chi connectivity index (χ2n) is 5.86. The van der Waals surface area contributed by atoms with Gasteiger partial charge in [0.15, 0.2) is 0 Å². The monoisotopic (exact) mass is 252 g/mol. The number of hydrogen-bond acceptors (Lipinski definition) is 4. The predicted molar refractivity (Wildman–Crippen MR) is 69.9 cm³/mol. The Bertz CT molecular complexity index is 328. The number of rotatable bonds is 4. The molecule has 1 heterocycles. The number of nitrogens with zero attached hydrogens (tertiary/aromatic N) is 2. The molecule has 0 aromatic carbocycles. The molecule has 1 saturated heterocycles. The van der Waals surface area contributed by atoms with E-state index in [-0.39, 0.29) is 18.1 Å².